The number of hydrogen-bond acceptors (Lipinski definition) is 2. The van der Waals surface area contributed by atoms with Gasteiger partial charge >= 0.3 is 0 Å². The van der Waals surface area contributed by atoms with Crippen molar-refractivity contribution in [3.8, 4) is 5.75 Å². The van der Waals surface area contributed by atoms with Crippen molar-refractivity contribution in [2.24, 2.45) is 4.99 Å². The van der Waals surface area contributed by atoms with Gasteiger partial charge in [-0.1, -0.05) is 18.2 Å². The van der Waals surface area contributed by atoms with Crippen LogP contribution in [-0.2, 0) is 0 Å². The lowest BCUT2D eigenvalue weighted by molar-refractivity contribution is 0.340. The molecule has 0 atom stereocenters. The summed E-state index contributed by atoms with van der Waals surface area (Å²) in [6.45, 7) is 2.65. The van der Waals surface area contributed by atoms with Crippen LogP contribution >= 0.6 is 0 Å². The van der Waals surface area contributed by atoms with Crippen molar-refractivity contribution in [1.82, 2.24) is 0 Å². The first-order chi connectivity index (χ1) is 8.88. The molecule has 2 rings (SSSR count). The lowest BCUT2D eigenvalue weighted by atomic mass is 10.3. The van der Waals surface area contributed by atoms with Gasteiger partial charge in [0.2, 0.25) is 0 Å². The van der Waals surface area contributed by atoms with Crippen molar-refractivity contribution >= 4 is 17.7 Å². The van der Waals surface area contributed by atoms with Crippen LogP contribution in [0, 0.1) is 0 Å². The van der Waals surface area contributed by atoms with E-state index >= 15 is 0 Å². The Bertz CT molecular complexity index is 492. The molecule has 2 aromatic rings. The van der Waals surface area contributed by atoms with E-state index in [0.29, 0.717) is 6.61 Å². The van der Waals surface area contributed by atoms with Gasteiger partial charge in [0.1, 0.15) is 5.75 Å². The van der Waals surface area contributed by atoms with Crippen LogP contribution in [-0.4, -0.2) is 12.9 Å². The Balaban J connectivity index is 1.93. The van der Waals surface area contributed by atoms with Gasteiger partial charge in [-0.15, -0.1) is 0 Å². The molecule has 0 radical (unpaired) electrons. The molecular formula is C15H16N2O. The Labute approximate surface area is 107 Å². The molecule has 0 heterocycles. The molecule has 3 nitrogen and oxygen atoms in total. The Kier molecular flexibility index (Phi) is 4.36. The second-order valence-electron chi connectivity index (χ2n) is 3.70. The lowest BCUT2D eigenvalue weighted by Gasteiger charge is -2.02. The van der Waals surface area contributed by atoms with Gasteiger partial charge in [0.05, 0.1) is 18.6 Å². The standard InChI is InChI=1S/C15H16N2O/c1-2-18-15-10-8-14(9-11-15)17-12-16-13-6-4-3-5-7-13/h3-12H,2H2,1H3,(H,16,17). The van der Waals surface area contributed by atoms with Crippen LogP contribution in [0.5, 0.6) is 5.75 Å². The van der Waals surface area contributed by atoms with Gasteiger partial charge < -0.3 is 10.1 Å². The van der Waals surface area contributed by atoms with E-state index in [-0.39, 0.29) is 0 Å². The monoisotopic (exact) mass is 240 g/mol. The summed E-state index contributed by atoms with van der Waals surface area (Å²) in [7, 11) is 0. The van der Waals surface area contributed by atoms with Crippen LogP contribution in [0.3, 0.4) is 0 Å². The zero-order valence-corrected chi connectivity index (χ0v) is 10.3. The molecule has 2 aromatic carbocycles. The summed E-state index contributed by atoms with van der Waals surface area (Å²) in [4.78, 5) is 4.31. The van der Waals surface area contributed by atoms with Gasteiger partial charge in [0.15, 0.2) is 0 Å². The average molecular weight is 240 g/mol. The molecule has 0 aliphatic heterocycles. The largest absolute Gasteiger partial charge is 0.494 e. The van der Waals surface area contributed by atoms with E-state index in [9.17, 15) is 0 Å². The summed E-state index contributed by atoms with van der Waals surface area (Å²) in [5, 5.41) is 3.11. The van der Waals surface area contributed by atoms with Crippen molar-refractivity contribution in [1.29, 1.82) is 0 Å². The number of nitrogens with zero attached hydrogens (tertiary/aromatic N) is 1. The van der Waals surface area contributed by atoms with Gasteiger partial charge in [-0.25, -0.2) is 4.99 Å². The van der Waals surface area contributed by atoms with Crippen LogP contribution in [0.4, 0.5) is 11.4 Å². The predicted molar refractivity (Wildman–Crippen MR) is 75.8 cm³/mol. The maximum absolute atomic E-state index is 5.37. The van der Waals surface area contributed by atoms with Crippen LogP contribution in [0.25, 0.3) is 0 Å². The fraction of sp³-hybridized carbons (Fsp3) is 0.133. The third kappa shape index (κ3) is 3.63. The minimum absolute atomic E-state index is 0.679. The fourth-order valence-corrected chi connectivity index (χ4v) is 1.51. The highest BCUT2D eigenvalue weighted by atomic mass is 16.5. The lowest BCUT2D eigenvalue weighted by Crippen LogP contribution is -1.93. The molecule has 0 bridgehead atoms. The van der Waals surface area contributed by atoms with E-state index in [1.54, 1.807) is 6.34 Å². The summed E-state index contributed by atoms with van der Waals surface area (Å²) >= 11 is 0. The Morgan fingerprint density at radius 2 is 1.78 bits per heavy atom. The zero-order valence-electron chi connectivity index (χ0n) is 10.3. The smallest absolute Gasteiger partial charge is 0.119 e. The first-order valence-electron chi connectivity index (χ1n) is 5.95. The molecule has 1 N–H and O–H groups in total. The molecule has 0 aliphatic rings. The van der Waals surface area contributed by atoms with Crippen molar-refractivity contribution in [3.05, 3.63) is 54.6 Å². The number of anilines is 1. The maximum atomic E-state index is 5.37. The second kappa shape index (κ2) is 6.45. The number of hydrogen-bond donors (Lipinski definition) is 1. The van der Waals surface area contributed by atoms with E-state index < -0.39 is 0 Å². The van der Waals surface area contributed by atoms with Gasteiger partial charge in [0, 0.05) is 5.69 Å². The number of rotatable bonds is 5. The maximum Gasteiger partial charge on any atom is 0.119 e. The molecule has 0 saturated heterocycles. The SMILES string of the molecule is CCOc1ccc(N=CNc2ccccc2)cc1. The molecule has 0 aromatic heterocycles. The van der Waals surface area contributed by atoms with E-state index in [1.807, 2.05) is 61.5 Å². The number of benzene rings is 2. The Morgan fingerprint density at radius 1 is 1.06 bits per heavy atom. The third-order valence-electron chi connectivity index (χ3n) is 2.37. The Hall–Kier alpha value is -2.29. The summed E-state index contributed by atoms with van der Waals surface area (Å²) in [6, 6.07) is 17.6. The molecule has 0 saturated carbocycles. The molecule has 0 amide bonds. The summed E-state index contributed by atoms with van der Waals surface area (Å²) in [5.41, 5.74) is 1.91. The quantitative estimate of drug-likeness (QED) is 0.636. The van der Waals surface area contributed by atoms with E-state index in [1.165, 1.54) is 0 Å². The van der Waals surface area contributed by atoms with Crippen molar-refractivity contribution in [2.75, 3.05) is 11.9 Å². The minimum atomic E-state index is 0.679. The minimum Gasteiger partial charge on any atom is -0.494 e. The molecule has 3 heteroatoms. The molecule has 18 heavy (non-hydrogen) atoms. The number of nitrogens with one attached hydrogen (secondary N) is 1. The summed E-state index contributed by atoms with van der Waals surface area (Å²) in [5.74, 6) is 0.868. The number of ether oxygens (including phenoxy) is 1. The Morgan fingerprint density at radius 3 is 2.44 bits per heavy atom. The van der Waals surface area contributed by atoms with Crippen LogP contribution in [0.15, 0.2) is 59.6 Å². The second-order valence-corrected chi connectivity index (χ2v) is 3.70. The molecular weight excluding hydrogens is 224 g/mol. The van der Waals surface area contributed by atoms with Gasteiger partial charge in [-0.3, -0.25) is 0 Å². The topological polar surface area (TPSA) is 33.6 Å². The van der Waals surface area contributed by atoms with Crippen molar-refractivity contribution in [3.63, 3.8) is 0 Å². The highest BCUT2D eigenvalue weighted by molar-refractivity contribution is 5.77. The molecule has 0 unspecified atom stereocenters. The van der Waals surface area contributed by atoms with Gasteiger partial charge in [-0.05, 0) is 43.3 Å². The fourth-order valence-electron chi connectivity index (χ4n) is 1.51. The van der Waals surface area contributed by atoms with Gasteiger partial charge in [0.25, 0.3) is 0 Å². The van der Waals surface area contributed by atoms with Crippen LogP contribution in [0.2, 0.25) is 0 Å². The van der Waals surface area contributed by atoms with E-state index in [4.69, 9.17) is 4.74 Å². The zero-order chi connectivity index (χ0) is 12.6. The van der Waals surface area contributed by atoms with Crippen molar-refractivity contribution in [2.45, 2.75) is 6.92 Å². The van der Waals surface area contributed by atoms with E-state index in [0.717, 1.165) is 17.1 Å². The molecule has 92 valence electrons. The highest BCUT2D eigenvalue weighted by Crippen LogP contribution is 2.17. The van der Waals surface area contributed by atoms with Crippen LogP contribution < -0.4 is 10.1 Å². The number of para-hydroxylation sites is 1. The molecule has 0 fully saturated rings. The summed E-state index contributed by atoms with van der Waals surface area (Å²) < 4.78 is 5.37. The van der Waals surface area contributed by atoms with Crippen molar-refractivity contribution < 1.29 is 4.74 Å². The first-order valence-corrected chi connectivity index (χ1v) is 5.95. The predicted octanol–water partition coefficient (Wildman–Crippen LogP) is 3.86. The summed E-state index contributed by atoms with van der Waals surface area (Å²) in [6.07, 6.45) is 1.69. The van der Waals surface area contributed by atoms with Gasteiger partial charge in [-0.2, -0.15) is 0 Å². The normalized spacial score (nSPS) is 10.5. The number of aliphatic imine (C=N–C) groups is 1. The highest BCUT2D eigenvalue weighted by Gasteiger charge is 1.92. The van der Waals surface area contributed by atoms with E-state index in [2.05, 4.69) is 10.3 Å². The molecule has 0 aliphatic carbocycles. The first kappa shape index (κ1) is 12.2. The molecule has 0 spiro atoms. The average Bonchev–Trinajstić information content (AvgIpc) is 2.42. The third-order valence-corrected chi connectivity index (χ3v) is 2.37. The van der Waals surface area contributed by atoms with Crippen LogP contribution in [0.1, 0.15) is 6.92 Å².